The highest BCUT2D eigenvalue weighted by atomic mass is 19.4. The highest BCUT2D eigenvalue weighted by molar-refractivity contribution is 5.89. The van der Waals surface area contributed by atoms with Crippen LogP contribution in [0.25, 0.3) is 10.8 Å². The number of nitrogens with one attached hydrogen (secondary N) is 1. The molecule has 2 aromatic carbocycles. The summed E-state index contributed by atoms with van der Waals surface area (Å²) in [5.74, 6) is -0.218. The van der Waals surface area contributed by atoms with E-state index in [1.807, 2.05) is 19.9 Å². The van der Waals surface area contributed by atoms with Gasteiger partial charge in [-0.1, -0.05) is 39.0 Å². The fourth-order valence-electron chi connectivity index (χ4n) is 6.22. The van der Waals surface area contributed by atoms with Crippen molar-refractivity contribution < 1.29 is 27.8 Å². The first-order valence-corrected chi connectivity index (χ1v) is 13.2. The first-order chi connectivity index (χ1) is 16.9. The zero-order chi connectivity index (χ0) is 25.8. The zero-order valence-electron chi connectivity index (χ0n) is 21.2. The van der Waals surface area contributed by atoms with Crippen molar-refractivity contribution >= 4 is 16.7 Å². The lowest BCUT2D eigenvalue weighted by Gasteiger charge is -2.51. The van der Waals surface area contributed by atoms with E-state index in [1.165, 1.54) is 6.07 Å². The predicted octanol–water partition coefficient (Wildman–Crippen LogP) is 7.36. The van der Waals surface area contributed by atoms with Gasteiger partial charge in [-0.2, -0.15) is 13.2 Å². The van der Waals surface area contributed by atoms with Crippen LogP contribution in [0, 0.1) is 23.2 Å². The van der Waals surface area contributed by atoms with Crippen LogP contribution in [0.4, 0.5) is 13.2 Å². The summed E-state index contributed by atoms with van der Waals surface area (Å²) in [6.45, 7) is 6.12. The molecule has 7 heteroatoms. The second kappa shape index (κ2) is 9.23. The second-order valence-electron chi connectivity index (χ2n) is 11.9. The number of aliphatic carboxylic acids is 1. The van der Waals surface area contributed by atoms with Crippen LogP contribution in [0.1, 0.15) is 82.9 Å². The lowest BCUT2D eigenvalue weighted by Crippen LogP contribution is -2.60. The third kappa shape index (κ3) is 4.83. The molecule has 0 aliphatic heterocycles. The summed E-state index contributed by atoms with van der Waals surface area (Å²) >= 11 is 0. The molecule has 0 amide bonds. The summed E-state index contributed by atoms with van der Waals surface area (Å²) in [6.07, 6.45) is 1.51. The first-order valence-electron chi connectivity index (χ1n) is 13.2. The van der Waals surface area contributed by atoms with Gasteiger partial charge in [-0.25, -0.2) is 0 Å². The SMILES string of the molecule is CC1CCC(Oc2ccc3cc(C(NC4CC(C(=O)O)C4(C)C)C4CC4)ccc3c2C(F)(F)F)CC1. The molecule has 3 aliphatic carbocycles. The molecule has 0 radical (unpaired) electrons. The monoisotopic (exact) mass is 503 g/mol. The van der Waals surface area contributed by atoms with Crippen molar-refractivity contribution in [2.45, 2.75) is 90.1 Å². The lowest BCUT2D eigenvalue weighted by molar-refractivity contribution is -0.155. The van der Waals surface area contributed by atoms with E-state index in [0.29, 0.717) is 23.6 Å². The summed E-state index contributed by atoms with van der Waals surface area (Å²) in [7, 11) is 0. The van der Waals surface area contributed by atoms with Crippen molar-refractivity contribution in [2.24, 2.45) is 23.2 Å². The maximum absolute atomic E-state index is 14.3. The van der Waals surface area contributed by atoms with Gasteiger partial charge in [0.15, 0.2) is 0 Å². The maximum Gasteiger partial charge on any atom is 0.420 e. The molecule has 0 saturated heterocycles. The summed E-state index contributed by atoms with van der Waals surface area (Å²) in [4.78, 5) is 11.5. The Labute approximate surface area is 210 Å². The minimum Gasteiger partial charge on any atom is -0.490 e. The quantitative estimate of drug-likeness (QED) is 0.415. The number of hydrogen-bond donors (Lipinski definition) is 2. The normalized spacial score (nSPS) is 28.9. The Kier molecular flexibility index (Phi) is 6.51. The van der Waals surface area contributed by atoms with Crippen LogP contribution in [0.5, 0.6) is 5.75 Å². The van der Waals surface area contributed by atoms with E-state index in [-0.39, 0.29) is 40.7 Å². The number of ether oxygens (including phenoxy) is 1. The van der Waals surface area contributed by atoms with Gasteiger partial charge in [-0.3, -0.25) is 4.79 Å². The molecular formula is C29H36F3NO3. The maximum atomic E-state index is 14.3. The lowest BCUT2D eigenvalue weighted by atomic mass is 9.58. The number of benzene rings is 2. The molecule has 3 saturated carbocycles. The van der Waals surface area contributed by atoms with Gasteiger partial charge in [0, 0.05) is 12.1 Å². The van der Waals surface area contributed by atoms with E-state index in [9.17, 15) is 23.1 Å². The molecule has 3 aliphatic rings. The highest BCUT2D eigenvalue weighted by Crippen LogP contribution is 2.50. The number of carboxylic acids is 1. The molecule has 3 fully saturated rings. The number of hydrogen-bond acceptors (Lipinski definition) is 3. The van der Waals surface area contributed by atoms with E-state index in [0.717, 1.165) is 44.1 Å². The molecule has 196 valence electrons. The Balaban J connectivity index is 1.43. The third-order valence-electron chi connectivity index (χ3n) is 8.94. The van der Waals surface area contributed by atoms with Gasteiger partial charge in [-0.15, -0.1) is 0 Å². The van der Waals surface area contributed by atoms with Gasteiger partial charge in [0.05, 0.1) is 12.0 Å². The number of carbonyl (C=O) groups is 1. The standard InChI is InChI=1S/C29H36F3NO3/c1-16-4-10-20(11-5-16)36-23-13-9-18-14-19(8-12-21(18)25(23)29(30,31)32)26(17-6-7-17)33-24-15-22(27(34)35)28(24,2)3/h8-9,12-14,16-17,20,22,24,26,33H,4-7,10-11,15H2,1-3H3,(H,34,35). The predicted molar refractivity (Wildman–Crippen MR) is 133 cm³/mol. The minimum atomic E-state index is -4.52. The van der Waals surface area contributed by atoms with Crippen molar-refractivity contribution in [3.8, 4) is 5.75 Å². The van der Waals surface area contributed by atoms with Crippen LogP contribution in [-0.2, 0) is 11.0 Å². The van der Waals surface area contributed by atoms with E-state index in [1.54, 1.807) is 18.2 Å². The molecule has 2 N–H and O–H groups in total. The minimum absolute atomic E-state index is 0.00270. The summed E-state index contributed by atoms with van der Waals surface area (Å²) in [6, 6.07) is 8.55. The van der Waals surface area contributed by atoms with Gasteiger partial charge in [0.25, 0.3) is 0 Å². The number of alkyl halides is 3. The van der Waals surface area contributed by atoms with Crippen LogP contribution >= 0.6 is 0 Å². The fraction of sp³-hybridized carbons (Fsp3) is 0.621. The van der Waals surface area contributed by atoms with Gasteiger partial charge < -0.3 is 15.2 Å². The average molecular weight is 504 g/mol. The van der Waals surface area contributed by atoms with Crippen LogP contribution in [0.2, 0.25) is 0 Å². The number of fused-ring (bicyclic) bond motifs is 1. The molecule has 3 atom stereocenters. The molecule has 36 heavy (non-hydrogen) atoms. The fourth-order valence-corrected chi connectivity index (χ4v) is 6.22. The van der Waals surface area contributed by atoms with Crippen molar-refractivity contribution in [1.29, 1.82) is 0 Å². The molecular weight excluding hydrogens is 467 g/mol. The average Bonchev–Trinajstić information content (AvgIpc) is 3.64. The third-order valence-corrected chi connectivity index (χ3v) is 8.94. The molecule has 0 spiro atoms. The second-order valence-corrected chi connectivity index (χ2v) is 11.9. The molecule has 0 aromatic heterocycles. The number of rotatable bonds is 7. The van der Waals surface area contributed by atoms with E-state index in [4.69, 9.17) is 4.74 Å². The Bertz CT molecular complexity index is 1130. The number of carboxylic acid groups (broad SMARTS) is 1. The Hall–Kier alpha value is -2.28. The molecule has 2 aromatic rings. The summed E-state index contributed by atoms with van der Waals surface area (Å²) in [5, 5.41) is 13.9. The molecule has 0 bridgehead atoms. The van der Waals surface area contributed by atoms with Crippen LogP contribution in [0.15, 0.2) is 30.3 Å². The highest BCUT2D eigenvalue weighted by Gasteiger charge is 2.53. The molecule has 0 heterocycles. The van der Waals surface area contributed by atoms with Crippen molar-refractivity contribution in [3.63, 3.8) is 0 Å². The van der Waals surface area contributed by atoms with E-state index >= 15 is 0 Å². The van der Waals surface area contributed by atoms with E-state index in [2.05, 4.69) is 12.2 Å². The molecule has 3 unspecified atom stereocenters. The van der Waals surface area contributed by atoms with Gasteiger partial charge in [0.1, 0.15) is 11.3 Å². The Morgan fingerprint density at radius 1 is 1.08 bits per heavy atom. The van der Waals surface area contributed by atoms with Gasteiger partial charge >= 0.3 is 12.1 Å². The van der Waals surface area contributed by atoms with Gasteiger partial charge in [-0.05, 0) is 90.7 Å². The first kappa shape index (κ1) is 25.4. The smallest absolute Gasteiger partial charge is 0.420 e. The van der Waals surface area contributed by atoms with Crippen LogP contribution in [0.3, 0.4) is 0 Å². The summed E-state index contributed by atoms with van der Waals surface area (Å²) in [5.41, 5.74) is -0.101. The van der Waals surface area contributed by atoms with Crippen molar-refractivity contribution in [1.82, 2.24) is 5.32 Å². The van der Waals surface area contributed by atoms with E-state index < -0.39 is 17.7 Å². The van der Waals surface area contributed by atoms with Gasteiger partial charge in [0.2, 0.25) is 0 Å². The molecule has 4 nitrogen and oxygen atoms in total. The van der Waals surface area contributed by atoms with Crippen LogP contribution < -0.4 is 10.1 Å². The largest absolute Gasteiger partial charge is 0.490 e. The Morgan fingerprint density at radius 3 is 2.36 bits per heavy atom. The number of halogens is 3. The molecule has 5 rings (SSSR count). The topological polar surface area (TPSA) is 58.6 Å². The van der Waals surface area contributed by atoms with Crippen molar-refractivity contribution in [3.05, 3.63) is 41.5 Å². The van der Waals surface area contributed by atoms with Crippen molar-refractivity contribution in [2.75, 3.05) is 0 Å². The Morgan fingerprint density at radius 2 is 1.78 bits per heavy atom. The summed E-state index contributed by atoms with van der Waals surface area (Å²) < 4.78 is 48.7. The van der Waals surface area contributed by atoms with Crippen LogP contribution in [-0.4, -0.2) is 23.2 Å². The zero-order valence-corrected chi connectivity index (χ0v) is 21.2.